The summed E-state index contributed by atoms with van der Waals surface area (Å²) >= 11 is 19.6. The van der Waals surface area contributed by atoms with Crippen molar-refractivity contribution in [1.82, 2.24) is 9.97 Å². The van der Waals surface area contributed by atoms with Crippen LogP contribution in [0.4, 0.5) is 0 Å². The maximum Gasteiger partial charge on any atom is 0.216 e. The van der Waals surface area contributed by atoms with Gasteiger partial charge in [0.15, 0.2) is 0 Å². The lowest BCUT2D eigenvalue weighted by atomic mass is 10.1. The van der Waals surface area contributed by atoms with Gasteiger partial charge >= 0.3 is 0 Å². The number of hydrogen-bond donors (Lipinski definition) is 0. The van der Waals surface area contributed by atoms with Gasteiger partial charge in [0, 0.05) is 23.7 Å². The minimum absolute atomic E-state index is 0.277. The Hall–Kier alpha value is -0.550. The summed E-state index contributed by atoms with van der Waals surface area (Å²) in [4.78, 5) is 8.08. The van der Waals surface area contributed by atoms with Gasteiger partial charge in [0.2, 0.25) is 5.88 Å². The molecule has 2 aromatic rings. The minimum Gasteiger partial charge on any atom is -0.481 e. The third-order valence-corrected chi connectivity index (χ3v) is 4.22. The molecule has 0 aromatic carbocycles. The topological polar surface area (TPSA) is 35.0 Å². The van der Waals surface area contributed by atoms with Crippen molar-refractivity contribution in [1.29, 1.82) is 0 Å². The van der Waals surface area contributed by atoms with Gasteiger partial charge in [0.05, 0.1) is 21.2 Å². The van der Waals surface area contributed by atoms with E-state index in [4.69, 9.17) is 39.5 Å². The molecular weight excluding hydrogens is 315 g/mol. The van der Waals surface area contributed by atoms with Crippen LogP contribution >= 0.6 is 46.1 Å². The Labute approximate surface area is 124 Å². The molecule has 3 nitrogen and oxygen atoms in total. The second-order valence-corrected chi connectivity index (χ2v) is 6.32. The molecule has 2 heterocycles. The molecule has 0 aliphatic carbocycles. The number of aromatic nitrogens is 2. The second kappa shape index (κ2) is 6.06. The maximum absolute atomic E-state index is 6.32. The van der Waals surface area contributed by atoms with Gasteiger partial charge in [-0.25, -0.2) is 9.97 Å². The minimum atomic E-state index is -0.277. The van der Waals surface area contributed by atoms with Crippen molar-refractivity contribution in [2.24, 2.45) is 0 Å². The van der Waals surface area contributed by atoms with E-state index in [-0.39, 0.29) is 5.38 Å². The number of alkyl halides is 1. The lowest BCUT2D eigenvalue weighted by Crippen LogP contribution is -1.99. The van der Waals surface area contributed by atoms with E-state index in [2.05, 4.69) is 9.97 Å². The van der Waals surface area contributed by atoms with E-state index in [1.807, 2.05) is 0 Å². The summed E-state index contributed by atoms with van der Waals surface area (Å²) in [6, 6.07) is 3.53. The summed E-state index contributed by atoms with van der Waals surface area (Å²) in [5, 5.41) is -0.277. The summed E-state index contributed by atoms with van der Waals surface area (Å²) < 4.78 is 6.27. The molecule has 0 radical (unpaired) electrons. The van der Waals surface area contributed by atoms with E-state index in [0.29, 0.717) is 21.0 Å². The summed E-state index contributed by atoms with van der Waals surface area (Å²) in [7, 11) is 1.56. The van der Waals surface area contributed by atoms with Gasteiger partial charge in [0.1, 0.15) is 6.33 Å². The first-order valence-electron chi connectivity index (χ1n) is 5.04. The molecule has 0 aliphatic heterocycles. The van der Waals surface area contributed by atoms with E-state index in [9.17, 15) is 0 Å². The average molecular weight is 324 g/mol. The van der Waals surface area contributed by atoms with Crippen molar-refractivity contribution in [3.05, 3.63) is 38.4 Å². The predicted molar refractivity (Wildman–Crippen MR) is 75.2 cm³/mol. The van der Waals surface area contributed by atoms with Gasteiger partial charge < -0.3 is 4.74 Å². The van der Waals surface area contributed by atoms with Crippen LogP contribution in [-0.2, 0) is 6.42 Å². The number of halogens is 3. The molecule has 0 amide bonds. The van der Waals surface area contributed by atoms with E-state index < -0.39 is 0 Å². The molecule has 0 bridgehead atoms. The van der Waals surface area contributed by atoms with Gasteiger partial charge in [-0.1, -0.05) is 23.2 Å². The smallest absolute Gasteiger partial charge is 0.216 e. The molecule has 0 aliphatic rings. The third kappa shape index (κ3) is 3.26. The molecule has 2 rings (SSSR count). The van der Waals surface area contributed by atoms with Crippen LogP contribution in [0.15, 0.2) is 18.5 Å². The summed E-state index contributed by atoms with van der Waals surface area (Å²) in [6.07, 6.45) is 1.98. The Kier molecular flexibility index (Phi) is 4.67. The predicted octanol–water partition coefficient (Wildman–Crippen LogP) is 4.38. The summed E-state index contributed by atoms with van der Waals surface area (Å²) in [6.45, 7) is 0. The molecule has 96 valence electrons. The Bertz CT molecular complexity index is 547. The largest absolute Gasteiger partial charge is 0.481 e. The zero-order chi connectivity index (χ0) is 13.1. The normalized spacial score (nSPS) is 12.4. The third-order valence-electron chi connectivity index (χ3n) is 2.32. The lowest BCUT2D eigenvalue weighted by Gasteiger charge is -2.08. The monoisotopic (exact) mass is 322 g/mol. The molecule has 0 saturated carbocycles. The fourth-order valence-electron chi connectivity index (χ4n) is 1.46. The van der Waals surface area contributed by atoms with Crippen LogP contribution < -0.4 is 4.74 Å². The number of thiophene rings is 1. The molecule has 0 spiro atoms. The fourth-order valence-corrected chi connectivity index (χ4v) is 3.49. The van der Waals surface area contributed by atoms with Gasteiger partial charge in [-0.05, 0) is 6.07 Å². The summed E-state index contributed by atoms with van der Waals surface area (Å²) in [5.41, 5.74) is 1.62. The standard InChI is InChI=1S/C11H9Cl3N2OS/c1-17-10-3-6(15-5-16-10)2-8(12)7-4-9(13)18-11(7)14/h3-5,8H,2H2,1H3. The lowest BCUT2D eigenvalue weighted by molar-refractivity contribution is 0.396. The van der Waals surface area contributed by atoms with Crippen LogP contribution in [-0.4, -0.2) is 17.1 Å². The van der Waals surface area contributed by atoms with E-state index in [1.165, 1.54) is 17.7 Å². The maximum atomic E-state index is 6.32. The molecule has 0 fully saturated rings. The molecular formula is C11H9Cl3N2OS. The van der Waals surface area contributed by atoms with Crippen molar-refractivity contribution in [2.75, 3.05) is 7.11 Å². The van der Waals surface area contributed by atoms with Crippen molar-refractivity contribution in [3.8, 4) is 5.88 Å². The highest BCUT2D eigenvalue weighted by atomic mass is 35.5. The molecule has 1 atom stereocenters. The Morgan fingerprint density at radius 3 is 2.72 bits per heavy atom. The number of rotatable bonds is 4. The first kappa shape index (κ1) is 13.9. The van der Waals surface area contributed by atoms with Gasteiger partial charge in [-0.2, -0.15) is 0 Å². The van der Waals surface area contributed by atoms with Crippen LogP contribution in [0.3, 0.4) is 0 Å². The van der Waals surface area contributed by atoms with E-state index >= 15 is 0 Å². The molecule has 1 unspecified atom stereocenters. The van der Waals surface area contributed by atoms with Crippen LogP contribution in [0, 0.1) is 0 Å². The van der Waals surface area contributed by atoms with Crippen molar-refractivity contribution in [3.63, 3.8) is 0 Å². The first-order valence-corrected chi connectivity index (χ1v) is 7.04. The Balaban J connectivity index is 2.15. The van der Waals surface area contributed by atoms with Gasteiger partial charge in [0.25, 0.3) is 0 Å². The van der Waals surface area contributed by atoms with Crippen molar-refractivity contribution < 1.29 is 4.74 Å². The average Bonchev–Trinajstić information content (AvgIpc) is 2.69. The number of methoxy groups -OCH3 is 1. The quantitative estimate of drug-likeness (QED) is 0.783. The van der Waals surface area contributed by atoms with Crippen LogP contribution in [0.25, 0.3) is 0 Å². The number of hydrogen-bond acceptors (Lipinski definition) is 4. The first-order chi connectivity index (χ1) is 8.60. The molecule has 18 heavy (non-hydrogen) atoms. The van der Waals surface area contributed by atoms with Crippen LogP contribution in [0.5, 0.6) is 5.88 Å². The zero-order valence-electron chi connectivity index (χ0n) is 9.36. The number of nitrogens with zero attached hydrogens (tertiary/aromatic N) is 2. The van der Waals surface area contributed by atoms with E-state index in [0.717, 1.165) is 11.3 Å². The highest BCUT2D eigenvalue weighted by molar-refractivity contribution is 7.20. The fraction of sp³-hybridized carbons (Fsp3) is 0.273. The van der Waals surface area contributed by atoms with Crippen molar-refractivity contribution in [2.45, 2.75) is 11.8 Å². The SMILES string of the molecule is COc1cc(CC(Cl)c2cc(Cl)sc2Cl)ncn1. The summed E-state index contributed by atoms with van der Waals surface area (Å²) in [5.74, 6) is 0.512. The van der Waals surface area contributed by atoms with Crippen molar-refractivity contribution >= 4 is 46.1 Å². The molecule has 7 heteroatoms. The Morgan fingerprint density at radius 1 is 1.33 bits per heavy atom. The molecule has 2 aromatic heterocycles. The van der Waals surface area contributed by atoms with Crippen LogP contribution in [0.1, 0.15) is 16.6 Å². The highest BCUT2D eigenvalue weighted by Crippen LogP contribution is 2.38. The molecule has 0 saturated heterocycles. The van der Waals surface area contributed by atoms with Crippen LogP contribution in [0.2, 0.25) is 8.67 Å². The molecule has 0 N–H and O–H groups in total. The highest BCUT2D eigenvalue weighted by Gasteiger charge is 2.16. The van der Waals surface area contributed by atoms with E-state index in [1.54, 1.807) is 19.2 Å². The second-order valence-electron chi connectivity index (χ2n) is 3.50. The Morgan fingerprint density at radius 2 is 2.11 bits per heavy atom. The number of ether oxygens (including phenoxy) is 1. The van der Waals surface area contributed by atoms with Gasteiger partial charge in [-0.15, -0.1) is 22.9 Å². The van der Waals surface area contributed by atoms with Gasteiger partial charge in [-0.3, -0.25) is 0 Å². The zero-order valence-corrected chi connectivity index (χ0v) is 12.4.